The molecule has 0 aliphatic carbocycles. The lowest BCUT2D eigenvalue weighted by Crippen LogP contribution is -3.14. The number of benzene rings is 1. The maximum Gasteiger partial charge on any atom is 0.187 e. The Morgan fingerprint density at radius 1 is 1.43 bits per heavy atom. The van der Waals surface area contributed by atoms with Gasteiger partial charge in [-0.1, -0.05) is 15.9 Å². The van der Waals surface area contributed by atoms with E-state index in [2.05, 4.69) is 31.8 Å². The highest BCUT2D eigenvalue weighted by atomic mass is 79.9. The standard InChI is InChI=1S/C15H21BrN4O2S/c1-11(13-10-12(16)2-3-14(13)21)18-19-15(23)17-4-5-20-6-8-22-9-7-20/h2-3,10,21H,4-9H2,1H3,(H2,17,19,23)/p+1/b18-11+. The molecule has 1 heterocycles. The summed E-state index contributed by atoms with van der Waals surface area (Å²) >= 11 is 8.59. The zero-order valence-corrected chi connectivity index (χ0v) is 15.5. The summed E-state index contributed by atoms with van der Waals surface area (Å²) in [7, 11) is 0. The van der Waals surface area contributed by atoms with Gasteiger partial charge >= 0.3 is 0 Å². The zero-order valence-electron chi connectivity index (χ0n) is 13.1. The fourth-order valence-electron chi connectivity index (χ4n) is 2.30. The fourth-order valence-corrected chi connectivity index (χ4v) is 2.80. The van der Waals surface area contributed by atoms with Crippen molar-refractivity contribution in [2.24, 2.45) is 5.10 Å². The van der Waals surface area contributed by atoms with Gasteiger partial charge in [0.15, 0.2) is 5.11 Å². The molecule has 0 spiro atoms. The average molecular weight is 402 g/mol. The lowest BCUT2D eigenvalue weighted by atomic mass is 10.1. The second-order valence-corrected chi connectivity index (χ2v) is 6.66. The normalized spacial score (nSPS) is 16.2. The number of phenolic OH excluding ortho intramolecular Hbond substituents is 1. The molecule has 1 aromatic carbocycles. The summed E-state index contributed by atoms with van der Waals surface area (Å²) in [6.07, 6.45) is 0. The Labute approximate surface area is 150 Å². The number of ether oxygens (including phenoxy) is 1. The van der Waals surface area contributed by atoms with Gasteiger partial charge in [-0.2, -0.15) is 5.10 Å². The van der Waals surface area contributed by atoms with Crippen molar-refractivity contribution in [2.75, 3.05) is 39.4 Å². The van der Waals surface area contributed by atoms with Gasteiger partial charge in [0.05, 0.1) is 32.0 Å². The van der Waals surface area contributed by atoms with Crippen LogP contribution in [0.3, 0.4) is 0 Å². The van der Waals surface area contributed by atoms with Crippen LogP contribution in [0.4, 0.5) is 0 Å². The Morgan fingerprint density at radius 2 is 2.17 bits per heavy atom. The van der Waals surface area contributed by atoms with Gasteiger partial charge in [0, 0.05) is 10.0 Å². The summed E-state index contributed by atoms with van der Waals surface area (Å²) < 4.78 is 6.21. The van der Waals surface area contributed by atoms with Crippen molar-refractivity contribution in [3.05, 3.63) is 28.2 Å². The van der Waals surface area contributed by atoms with Crippen LogP contribution in [-0.4, -0.2) is 55.3 Å². The molecule has 0 aromatic heterocycles. The molecule has 2 rings (SSSR count). The summed E-state index contributed by atoms with van der Waals surface area (Å²) in [4.78, 5) is 1.52. The average Bonchev–Trinajstić information content (AvgIpc) is 2.56. The van der Waals surface area contributed by atoms with E-state index in [4.69, 9.17) is 17.0 Å². The molecule has 126 valence electrons. The number of halogens is 1. The highest BCUT2D eigenvalue weighted by Gasteiger charge is 2.12. The van der Waals surface area contributed by atoms with Crippen molar-refractivity contribution in [2.45, 2.75) is 6.92 Å². The first-order valence-corrected chi connectivity index (χ1v) is 8.74. The van der Waals surface area contributed by atoms with Gasteiger partial charge in [0.1, 0.15) is 18.8 Å². The molecule has 6 nitrogen and oxygen atoms in total. The second kappa shape index (κ2) is 9.17. The number of hydrogen-bond donors (Lipinski definition) is 4. The van der Waals surface area contributed by atoms with E-state index in [1.165, 1.54) is 4.90 Å². The van der Waals surface area contributed by atoms with Crippen LogP contribution in [0.5, 0.6) is 5.75 Å². The van der Waals surface area contributed by atoms with E-state index >= 15 is 0 Å². The summed E-state index contributed by atoms with van der Waals surface area (Å²) in [6.45, 7) is 7.35. The number of morpholine rings is 1. The predicted octanol–water partition coefficient (Wildman–Crippen LogP) is 0.258. The Hall–Kier alpha value is -1.22. The maximum absolute atomic E-state index is 9.87. The van der Waals surface area contributed by atoms with E-state index in [9.17, 15) is 5.11 Å². The van der Waals surface area contributed by atoms with Crippen molar-refractivity contribution in [3.8, 4) is 5.75 Å². The monoisotopic (exact) mass is 401 g/mol. The van der Waals surface area contributed by atoms with Crippen LogP contribution in [-0.2, 0) is 4.74 Å². The van der Waals surface area contributed by atoms with Gasteiger partial charge in [-0.05, 0) is 37.3 Å². The number of hydrogen-bond acceptors (Lipinski definition) is 4. The Balaban J connectivity index is 1.77. The molecule has 1 saturated heterocycles. The molecule has 8 heteroatoms. The molecule has 1 aromatic rings. The highest BCUT2D eigenvalue weighted by Crippen LogP contribution is 2.22. The van der Waals surface area contributed by atoms with Crippen LogP contribution >= 0.6 is 28.1 Å². The summed E-state index contributed by atoms with van der Waals surface area (Å²) in [5.41, 5.74) is 4.13. The van der Waals surface area contributed by atoms with E-state index in [0.717, 1.165) is 43.9 Å². The van der Waals surface area contributed by atoms with Gasteiger partial charge in [0.25, 0.3) is 0 Å². The van der Waals surface area contributed by atoms with E-state index < -0.39 is 0 Å². The van der Waals surface area contributed by atoms with E-state index in [1.54, 1.807) is 12.1 Å². The van der Waals surface area contributed by atoms with Crippen LogP contribution < -0.4 is 15.6 Å². The van der Waals surface area contributed by atoms with Gasteiger partial charge in [-0.25, -0.2) is 0 Å². The van der Waals surface area contributed by atoms with E-state index in [1.807, 2.05) is 13.0 Å². The maximum atomic E-state index is 9.87. The van der Waals surface area contributed by atoms with E-state index in [-0.39, 0.29) is 5.75 Å². The molecular weight excluding hydrogens is 380 g/mol. The molecule has 0 amide bonds. The third-order valence-electron chi connectivity index (χ3n) is 3.64. The first kappa shape index (κ1) is 18.1. The quantitative estimate of drug-likeness (QED) is 0.323. The van der Waals surface area contributed by atoms with Gasteiger partial charge in [-0.3, -0.25) is 5.43 Å². The van der Waals surface area contributed by atoms with E-state index in [0.29, 0.717) is 16.4 Å². The minimum Gasteiger partial charge on any atom is -0.507 e. The molecule has 4 N–H and O–H groups in total. The Bertz CT molecular complexity index is 577. The molecule has 0 unspecified atom stereocenters. The molecular formula is C15H22BrN4O2S+. The topological polar surface area (TPSA) is 70.3 Å². The van der Waals surface area contributed by atoms with Crippen LogP contribution in [0.25, 0.3) is 0 Å². The van der Waals surface area contributed by atoms with Crippen LogP contribution in [0.15, 0.2) is 27.8 Å². The highest BCUT2D eigenvalue weighted by molar-refractivity contribution is 9.10. The van der Waals surface area contributed by atoms with Crippen LogP contribution in [0.2, 0.25) is 0 Å². The van der Waals surface area contributed by atoms with Crippen LogP contribution in [0, 0.1) is 0 Å². The number of aromatic hydroxyl groups is 1. The van der Waals surface area contributed by atoms with Gasteiger partial charge in [0.2, 0.25) is 0 Å². The molecule has 0 radical (unpaired) electrons. The number of phenols is 1. The molecule has 0 saturated carbocycles. The molecule has 23 heavy (non-hydrogen) atoms. The molecule has 0 atom stereocenters. The predicted molar refractivity (Wildman–Crippen MR) is 98.1 cm³/mol. The third kappa shape index (κ3) is 6.06. The zero-order chi connectivity index (χ0) is 16.7. The molecule has 1 aliphatic rings. The lowest BCUT2D eigenvalue weighted by molar-refractivity contribution is -0.906. The number of hydrazone groups is 1. The van der Waals surface area contributed by atoms with Crippen molar-refractivity contribution in [1.82, 2.24) is 10.7 Å². The third-order valence-corrected chi connectivity index (χ3v) is 4.37. The number of thiocarbonyl (C=S) groups is 1. The smallest absolute Gasteiger partial charge is 0.187 e. The van der Waals surface area contributed by atoms with Crippen molar-refractivity contribution < 1.29 is 14.7 Å². The number of quaternary nitrogens is 1. The van der Waals surface area contributed by atoms with Crippen LogP contribution in [0.1, 0.15) is 12.5 Å². The van der Waals surface area contributed by atoms with Gasteiger partial charge in [-0.15, -0.1) is 0 Å². The largest absolute Gasteiger partial charge is 0.507 e. The summed E-state index contributed by atoms with van der Waals surface area (Å²) in [5, 5.41) is 17.7. The fraction of sp³-hybridized carbons (Fsp3) is 0.467. The molecule has 1 aliphatic heterocycles. The minimum atomic E-state index is 0.186. The lowest BCUT2D eigenvalue weighted by Gasteiger charge is -2.23. The summed E-state index contributed by atoms with van der Waals surface area (Å²) in [5.74, 6) is 0.186. The first-order valence-electron chi connectivity index (χ1n) is 7.54. The Morgan fingerprint density at radius 3 is 2.91 bits per heavy atom. The molecule has 1 fully saturated rings. The van der Waals surface area contributed by atoms with Crippen molar-refractivity contribution in [3.63, 3.8) is 0 Å². The second-order valence-electron chi connectivity index (χ2n) is 5.34. The first-order chi connectivity index (χ1) is 11.1. The van der Waals surface area contributed by atoms with Gasteiger partial charge < -0.3 is 20.1 Å². The minimum absolute atomic E-state index is 0.186. The molecule has 0 bridgehead atoms. The Kier molecular flexibility index (Phi) is 7.22. The SMILES string of the molecule is C/C(=N\NC(=S)NCC[NH+]1CCOCC1)c1cc(Br)ccc1O. The summed E-state index contributed by atoms with van der Waals surface area (Å²) in [6, 6.07) is 5.22. The number of nitrogens with zero attached hydrogens (tertiary/aromatic N) is 1. The van der Waals surface area contributed by atoms with Crippen molar-refractivity contribution in [1.29, 1.82) is 0 Å². The number of rotatable bonds is 5. The number of nitrogens with one attached hydrogen (secondary N) is 3. The van der Waals surface area contributed by atoms with Crippen molar-refractivity contribution >= 4 is 39.0 Å².